The lowest BCUT2D eigenvalue weighted by molar-refractivity contribution is 0.210. The number of hydrogen-bond acceptors (Lipinski definition) is 6. The Morgan fingerprint density at radius 1 is 1.38 bits per heavy atom. The van der Waals surface area contributed by atoms with Gasteiger partial charge in [0.1, 0.15) is 0 Å². The summed E-state index contributed by atoms with van der Waals surface area (Å²) in [5.41, 5.74) is 2.62. The second-order valence-electron chi connectivity index (χ2n) is 4.50. The molecular weight excluding hydrogens is 288 g/mol. The van der Waals surface area contributed by atoms with Crippen molar-refractivity contribution in [2.75, 3.05) is 25.6 Å². The Balaban J connectivity index is 1.86. The van der Waals surface area contributed by atoms with Crippen molar-refractivity contribution in [1.82, 2.24) is 14.6 Å². The summed E-state index contributed by atoms with van der Waals surface area (Å²) in [6.45, 7) is 1.35. The monoisotopic (exact) mass is 304 g/mol. The lowest BCUT2D eigenvalue weighted by Crippen LogP contribution is -2.07. The van der Waals surface area contributed by atoms with E-state index in [-0.39, 0.29) is 6.61 Å². The molecule has 0 aliphatic heterocycles. The third kappa shape index (κ3) is 2.90. The molecule has 0 amide bonds. The fourth-order valence-electron chi connectivity index (χ4n) is 2.07. The molecule has 3 rings (SSSR count). The van der Waals surface area contributed by atoms with Crippen molar-refractivity contribution in [1.29, 1.82) is 0 Å². The first kappa shape index (κ1) is 14.0. The quantitative estimate of drug-likeness (QED) is 0.682. The molecule has 0 aliphatic rings. The van der Waals surface area contributed by atoms with Crippen LogP contribution in [0, 0.1) is 0 Å². The number of hydrogen-bond donors (Lipinski definition) is 2. The Kier molecular flexibility index (Phi) is 4.14. The van der Waals surface area contributed by atoms with E-state index in [2.05, 4.69) is 15.4 Å². The van der Waals surface area contributed by atoms with E-state index < -0.39 is 0 Å². The third-order valence-corrected chi connectivity index (χ3v) is 3.97. The van der Waals surface area contributed by atoms with Crippen molar-refractivity contribution in [2.45, 2.75) is 6.61 Å². The molecular formula is C14H16N4O2S. The molecule has 0 radical (unpaired) electrons. The van der Waals surface area contributed by atoms with Gasteiger partial charge in [-0.25, -0.2) is 9.50 Å². The maximum Gasteiger partial charge on any atom is 0.214 e. The van der Waals surface area contributed by atoms with Gasteiger partial charge in [-0.1, -0.05) is 35.6 Å². The maximum atomic E-state index is 9.40. The highest BCUT2D eigenvalue weighted by Gasteiger charge is 2.11. The van der Waals surface area contributed by atoms with E-state index in [1.807, 2.05) is 30.5 Å². The molecule has 0 atom stereocenters. The molecule has 2 N–H and O–H groups in total. The van der Waals surface area contributed by atoms with Gasteiger partial charge in [0.15, 0.2) is 0 Å². The summed E-state index contributed by atoms with van der Waals surface area (Å²) in [7, 11) is 1.67. The van der Waals surface area contributed by atoms with Crippen molar-refractivity contribution in [3.8, 4) is 11.3 Å². The van der Waals surface area contributed by atoms with Crippen LogP contribution in [0.3, 0.4) is 0 Å². The van der Waals surface area contributed by atoms with Crippen LogP contribution in [0.25, 0.3) is 16.2 Å². The molecule has 0 saturated carbocycles. The number of methoxy groups -OCH3 is 1. The second kappa shape index (κ2) is 6.21. The van der Waals surface area contributed by atoms with Gasteiger partial charge in [-0.15, -0.1) is 5.10 Å². The van der Waals surface area contributed by atoms with Gasteiger partial charge in [0.2, 0.25) is 10.1 Å². The van der Waals surface area contributed by atoms with Crippen LogP contribution in [-0.4, -0.2) is 40.0 Å². The van der Waals surface area contributed by atoms with Gasteiger partial charge in [-0.2, -0.15) is 0 Å². The number of aromatic nitrogens is 3. The molecule has 1 aromatic carbocycles. The molecule has 3 aromatic rings. The zero-order chi connectivity index (χ0) is 14.7. The highest BCUT2D eigenvalue weighted by Crippen LogP contribution is 2.26. The molecule has 0 spiro atoms. The molecule has 7 heteroatoms. The predicted molar refractivity (Wildman–Crippen MR) is 82.6 cm³/mol. The van der Waals surface area contributed by atoms with Crippen LogP contribution in [0.1, 0.15) is 5.56 Å². The highest BCUT2D eigenvalue weighted by molar-refractivity contribution is 7.20. The lowest BCUT2D eigenvalue weighted by Gasteiger charge is -2.03. The summed E-state index contributed by atoms with van der Waals surface area (Å²) < 4.78 is 6.74. The molecule has 21 heavy (non-hydrogen) atoms. The summed E-state index contributed by atoms with van der Waals surface area (Å²) in [5.74, 6) is 0. The van der Waals surface area contributed by atoms with Crippen LogP contribution in [0.4, 0.5) is 5.13 Å². The molecule has 2 heterocycles. The maximum absolute atomic E-state index is 9.40. The number of aliphatic hydroxyl groups excluding tert-OH is 1. The van der Waals surface area contributed by atoms with E-state index >= 15 is 0 Å². The van der Waals surface area contributed by atoms with Gasteiger partial charge in [0.05, 0.1) is 25.1 Å². The molecule has 0 saturated heterocycles. The van der Waals surface area contributed by atoms with E-state index in [9.17, 15) is 5.11 Å². The minimum absolute atomic E-state index is 0.00139. The topological polar surface area (TPSA) is 71.7 Å². The van der Waals surface area contributed by atoms with Crippen LogP contribution in [0.15, 0.2) is 30.5 Å². The first-order valence-corrected chi connectivity index (χ1v) is 7.41. The Bertz CT molecular complexity index is 706. The van der Waals surface area contributed by atoms with Crippen LogP contribution in [0.2, 0.25) is 0 Å². The normalized spacial score (nSPS) is 11.1. The Morgan fingerprint density at radius 3 is 3.00 bits per heavy atom. The number of rotatable bonds is 6. The summed E-state index contributed by atoms with van der Waals surface area (Å²) in [6.07, 6.45) is 1.88. The largest absolute Gasteiger partial charge is 0.392 e. The molecule has 0 unspecified atom stereocenters. The van der Waals surface area contributed by atoms with Crippen molar-refractivity contribution < 1.29 is 9.84 Å². The SMILES string of the molecule is COCCNc1nn2cc(-c3ccccc3CO)nc2s1. The Morgan fingerprint density at radius 2 is 2.24 bits per heavy atom. The van der Waals surface area contributed by atoms with Gasteiger partial charge in [-0.3, -0.25) is 0 Å². The van der Waals surface area contributed by atoms with E-state index in [0.29, 0.717) is 13.2 Å². The Labute approximate surface area is 126 Å². The fraction of sp³-hybridized carbons (Fsp3) is 0.286. The van der Waals surface area contributed by atoms with Gasteiger partial charge in [0, 0.05) is 19.2 Å². The predicted octanol–water partition coefficient (Wildman–Crippen LogP) is 2.01. The van der Waals surface area contributed by atoms with Crippen LogP contribution in [-0.2, 0) is 11.3 Å². The zero-order valence-corrected chi connectivity index (χ0v) is 12.4. The molecule has 110 valence electrons. The van der Waals surface area contributed by atoms with Crippen LogP contribution < -0.4 is 5.32 Å². The molecule has 6 nitrogen and oxygen atoms in total. The van der Waals surface area contributed by atoms with Crippen LogP contribution in [0.5, 0.6) is 0 Å². The van der Waals surface area contributed by atoms with Gasteiger partial charge in [-0.05, 0) is 5.56 Å². The standard InChI is InChI=1S/C14H16N4O2S/c1-20-7-6-15-13-17-18-8-12(16-14(18)21-13)11-5-3-2-4-10(11)9-19/h2-5,8,19H,6-7,9H2,1H3,(H,15,17). The van der Waals surface area contributed by atoms with Crippen molar-refractivity contribution in [3.63, 3.8) is 0 Å². The summed E-state index contributed by atoms with van der Waals surface area (Å²) in [5, 5.41) is 17.8. The van der Waals surface area contributed by atoms with E-state index in [1.165, 1.54) is 11.3 Å². The fourth-order valence-corrected chi connectivity index (χ4v) is 2.88. The van der Waals surface area contributed by atoms with Crippen molar-refractivity contribution >= 4 is 21.4 Å². The number of nitrogens with zero attached hydrogens (tertiary/aromatic N) is 3. The lowest BCUT2D eigenvalue weighted by atomic mass is 10.1. The van der Waals surface area contributed by atoms with E-state index in [1.54, 1.807) is 11.6 Å². The Hall–Kier alpha value is -1.96. The minimum atomic E-state index is -0.00139. The van der Waals surface area contributed by atoms with Crippen molar-refractivity contribution in [2.24, 2.45) is 0 Å². The number of imidazole rings is 1. The van der Waals surface area contributed by atoms with E-state index in [0.717, 1.165) is 26.9 Å². The number of ether oxygens (including phenoxy) is 1. The van der Waals surface area contributed by atoms with Gasteiger partial charge < -0.3 is 15.2 Å². The highest BCUT2D eigenvalue weighted by atomic mass is 32.1. The molecule has 2 aromatic heterocycles. The number of fused-ring (bicyclic) bond motifs is 1. The second-order valence-corrected chi connectivity index (χ2v) is 5.45. The van der Waals surface area contributed by atoms with Crippen molar-refractivity contribution in [3.05, 3.63) is 36.0 Å². The first-order valence-electron chi connectivity index (χ1n) is 6.60. The third-order valence-electron chi connectivity index (χ3n) is 3.09. The average Bonchev–Trinajstić information content (AvgIpc) is 3.05. The smallest absolute Gasteiger partial charge is 0.214 e. The van der Waals surface area contributed by atoms with Gasteiger partial charge >= 0.3 is 0 Å². The molecule has 0 bridgehead atoms. The molecule has 0 aliphatic carbocycles. The zero-order valence-electron chi connectivity index (χ0n) is 11.6. The minimum Gasteiger partial charge on any atom is -0.392 e. The molecule has 0 fully saturated rings. The average molecular weight is 304 g/mol. The number of nitrogens with one attached hydrogen (secondary N) is 1. The van der Waals surface area contributed by atoms with Crippen LogP contribution >= 0.6 is 11.3 Å². The number of aliphatic hydroxyl groups is 1. The summed E-state index contributed by atoms with van der Waals surface area (Å²) in [6, 6.07) is 7.69. The number of anilines is 1. The van der Waals surface area contributed by atoms with Gasteiger partial charge in [0.25, 0.3) is 0 Å². The summed E-state index contributed by atoms with van der Waals surface area (Å²) >= 11 is 1.49. The van der Waals surface area contributed by atoms with E-state index in [4.69, 9.17) is 4.74 Å². The number of benzene rings is 1. The summed E-state index contributed by atoms with van der Waals surface area (Å²) in [4.78, 5) is 5.39. The first-order chi connectivity index (χ1) is 10.3.